The fraction of sp³-hybridized carbons (Fsp3) is 0.263. The molecule has 3 aromatic carbocycles. The van der Waals surface area contributed by atoms with Gasteiger partial charge in [-0.3, -0.25) is 29.5 Å². The Labute approximate surface area is 316 Å². The summed E-state index contributed by atoms with van der Waals surface area (Å²) in [5.41, 5.74) is 3.48. The van der Waals surface area contributed by atoms with Crippen molar-refractivity contribution < 1.29 is 33.4 Å². The second-order valence-electron chi connectivity index (χ2n) is 13.2. The predicted octanol–water partition coefficient (Wildman–Crippen LogP) is 6.88. The number of nitrogens with one attached hydrogen (secondary N) is 1. The lowest BCUT2D eigenvalue weighted by Crippen LogP contribution is -2.53. The first kappa shape index (κ1) is 33.9. The quantitative estimate of drug-likeness (QED) is 0.117. The number of hydrogen-bond donors (Lipinski definition) is 2. The first-order valence-corrected chi connectivity index (χ1v) is 18.2. The zero-order valence-electron chi connectivity index (χ0n) is 27.0. The van der Waals surface area contributed by atoms with E-state index in [0.29, 0.717) is 33.5 Å². The number of anilines is 2. The SMILES string of the molecule is COc1ccc([C@@]23C(=O)N(Nc4ccc(Cl)cc4Cl)C(=O)[C@@H]2C[C@@H]2C(=CC[C@@H]4C(=O)N(c5ccc(I)cc5)C(=O)[C@@H]42)[C@@H]3c2ccc(CO)o2)cc1. The summed E-state index contributed by atoms with van der Waals surface area (Å²) in [7, 11) is 1.54. The van der Waals surface area contributed by atoms with E-state index in [1.54, 1.807) is 60.7 Å². The van der Waals surface area contributed by atoms with Gasteiger partial charge in [0, 0.05) is 8.59 Å². The smallest absolute Gasteiger partial charge is 0.260 e. The summed E-state index contributed by atoms with van der Waals surface area (Å²) >= 11 is 14.8. The minimum Gasteiger partial charge on any atom is -0.497 e. The van der Waals surface area contributed by atoms with Crippen LogP contribution in [0.4, 0.5) is 11.4 Å². The minimum absolute atomic E-state index is 0.111. The van der Waals surface area contributed by atoms with Gasteiger partial charge in [-0.25, -0.2) is 0 Å². The van der Waals surface area contributed by atoms with Crippen LogP contribution >= 0.6 is 45.8 Å². The third kappa shape index (κ3) is 5.14. The number of ether oxygens (including phenoxy) is 1. The molecule has 2 aliphatic heterocycles. The van der Waals surface area contributed by atoms with Gasteiger partial charge in [0.15, 0.2) is 0 Å². The van der Waals surface area contributed by atoms with Crippen molar-refractivity contribution in [2.24, 2.45) is 23.7 Å². The van der Waals surface area contributed by atoms with E-state index in [1.165, 1.54) is 18.1 Å². The van der Waals surface area contributed by atoms with Crippen LogP contribution < -0.4 is 15.1 Å². The number of carbonyl (C=O) groups excluding carboxylic acids is 4. The Morgan fingerprint density at radius 1 is 0.941 bits per heavy atom. The van der Waals surface area contributed by atoms with Crippen LogP contribution in [0.3, 0.4) is 0 Å². The summed E-state index contributed by atoms with van der Waals surface area (Å²) in [4.78, 5) is 59.7. The summed E-state index contributed by atoms with van der Waals surface area (Å²) in [6.07, 6.45) is 2.32. The molecule has 8 rings (SSSR count). The number of aliphatic hydroxyl groups is 1. The van der Waals surface area contributed by atoms with Crippen LogP contribution in [-0.2, 0) is 31.2 Å². The van der Waals surface area contributed by atoms with Crippen molar-refractivity contribution in [2.75, 3.05) is 17.4 Å². The van der Waals surface area contributed by atoms with Gasteiger partial charge in [-0.2, -0.15) is 5.01 Å². The van der Waals surface area contributed by atoms with Gasteiger partial charge in [-0.1, -0.05) is 47.0 Å². The van der Waals surface area contributed by atoms with Crippen molar-refractivity contribution in [1.82, 2.24) is 5.01 Å². The summed E-state index contributed by atoms with van der Waals surface area (Å²) in [5.74, 6) is -4.37. The lowest BCUT2D eigenvalue weighted by molar-refractivity contribution is -0.138. The lowest BCUT2D eigenvalue weighted by Gasteiger charge is -2.49. The first-order chi connectivity index (χ1) is 24.6. The molecule has 260 valence electrons. The average Bonchev–Trinajstić information content (AvgIpc) is 3.77. The van der Waals surface area contributed by atoms with Gasteiger partial charge >= 0.3 is 0 Å². The Kier molecular flexibility index (Phi) is 8.52. The maximum absolute atomic E-state index is 15.2. The monoisotopic (exact) mass is 837 g/mol. The molecule has 2 N–H and O–H groups in total. The molecule has 3 heterocycles. The molecule has 1 saturated carbocycles. The maximum atomic E-state index is 15.2. The topological polar surface area (TPSA) is 129 Å². The molecule has 4 amide bonds. The molecular formula is C38H30Cl2IN3O7. The van der Waals surface area contributed by atoms with Gasteiger partial charge in [-0.05, 0) is 114 Å². The van der Waals surface area contributed by atoms with Crippen LogP contribution in [0.25, 0.3) is 0 Å². The maximum Gasteiger partial charge on any atom is 0.260 e. The number of nitrogens with zero attached hydrogens (tertiary/aromatic N) is 2. The molecule has 2 saturated heterocycles. The number of amides is 4. The van der Waals surface area contributed by atoms with E-state index in [2.05, 4.69) is 28.0 Å². The van der Waals surface area contributed by atoms with Crippen molar-refractivity contribution in [2.45, 2.75) is 30.8 Å². The van der Waals surface area contributed by atoms with E-state index >= 15 is 4.79 Å². The standard InChI is InChI=1S/C38H30Cl2IN3O7/c1-50-23-9-2-19(3-10-23)38-28(35(47)44(37(38)49)42-30-14-4-20(39)16-29(30)40)17-27-25(33(38)31-15-11-24(18-45)51-31)12-13-26-32(27)36(48)43(34(26)46)22-7-5-21(41)6-8-22/h2-12,14-16,26-28,32-33,42,45H,13,17-18H2,1H3/t26-,27+,28-,32-,33+,38+/m0/s1. The number of hydrazine groups is 1. The average molecular weight is 838 g/mol. The number of furan rings is 1. The van der Waals surface area contributed by atoms with E-state index < -0.39 is 46.8 Å². The van der Waals surface area contributed by atoms with Crippen LogP contribution in [0.5, 0.6) is 5.75 Å². The lowest BCUT2D eigenvalue weighted by atomic mass is 9.50. The van der Waals surface area contributed by atoms with Crippen molar-refractivity contribution in [3.63, 3.8) is 0 Å². The highest BCUT2D eigenvalue weighted by Gasteiger charge is 2.71. The number of allylic oxidation sites excluding steroid dienone is 2. The van der Waals surface area contributed by atoms with E-state index in [0.717, 1.165) is 14.2 Å². The number of hydrogen-bond acceptors (Lipinski definition) is 8. The highest BCUT2D eigenvalue weighted by molar-refractivity contribution is 14.1. The Bertz CT molecular complexity index is 2140. The molecule has 0 bridgehead atoms. The van der Waals surface area contributed by atoms with Gasteiger partial charge in [0.25, 0.3) is 11.8 Å². The van der Waals surface area contributed by atoms with Gasteiger partial charge in [-0.15, -0.1) is 0 Å². The van der Waals surface area contributed by atoms with E-state index in [4.69, 9.17) is 32.4 Å². The molecule has 0 radical (unpaired) electrons. The largest absolute Gasteiger partial charge is 0.497 e. The van der Waals surface area contributed by atoms with E-state index in [1.807, 2.05) is 18.2 Å². The fourth-order valence-corrected chi connectivity index (χ4v) is 9.44. The molecule has 2 aliphatic carbocycles. The Balaban J connectivity index is 1.31. The van der Waals surface area contributed by atoms with Gasteiger partial charge in [0.2, 0.25) is 11.8 Å². The zero-order valence-corrected chi connectivity index (χ0v) is 30.7. The number of imide groups is 2. The molecule has 4 aromatic rings. The highest BCUT2D eigenvalue weighted by Crippen LogP contribution is 2.64. The summed E-state index contributed by atoms with van der Waals surface area (Å²) in [6.45, 7) is -0.382. The van der Waals surface area contributed by atoms with Crippen LogP contribution in [0.2, 0.25) is 10.0 Å². The molecule has 51 heavy (non-hydrogen) atoms. The summed E-state index contributed by atoms with van der Waals surface area (Å²) < 4.78 is 12.6. The Morgan fingerprint density at radius 2 is 1.69 bits per heavy atom. The molecule has 0 spiro atoms. The van der Waals surface area contributed by atoms with Crippen LogP contribution in [0.15, 0.2) is 94.9 Å². The molecule has 6 atom stereocenters. The number of methoxy groups -OCH3 is 1. The molecule has 10 nitrogen and oxygen atoms in total. The van der Waals surface area contributed by atoms with Crippen molar-refractivity contribution in [3.05, 3.63) is 121 Å². The van der Waals surface area contributed by atoms with Gasteiger partial charge in [0.05, 0.1) is 47.2 Å². The van der Waals surface area contributed by atoms with Crippen LogP contribution in [0, 0.1) is 27.2 Å². The first-order valence-electron chi connectivity index (χ1n) is 16.4. The molecule has 3 fully saturated rings. The summed E-state index contributed by atoms with van der Waals surface area (Å²) in [5, 5.41) is 11.6. The minimum atomic E-state index is -1.56. The second-order valence-corrected chi connectivity index (χ2v) is 15.3. The van der Waals surface area contributed by atoms with Crippen molar-refractivity contribution >= 4 is 80.8 Å². The number of rotatable bonds is 7. The Hall–Kier alpha value is -4.17. The number of benzene rings is 3. The number of halogens is 3. The van der Waals surface area contributed by atoms with E-state index in [-0.39, 0.29) is 42.0 Å². The van der Waals surface area contributed by atoms with E-state index in [9.17, 15) is 19.5 Å². The number of aliphatic hydroxyl groups excluding tert-OH is 1. The van der Waals surface area contributed by atoms with Crippen molar-refractivity contribution in [3.8, 4) is 5.75 Å². The third-order valence-corrected chi connectivity index (χ3v) is 12.1. The molecule has 0 unspecified atom stereocenters. The summed E-state index contributed by atoms with van der Waals surface area (Å²) in [6, 6.07) is 22.2. The Morgan fingerprint density at radius 3 is 2.35 bits per heavy atom. The van der Waals surface area contributed by atoms with Gasteiger partial charge in [0.1, 0.15) is 29.3 Å². The highest BCUT2D eigenvalue weighted by atomic mass is 127. The molecule has 1 aromatic heterocycles. The van der Waals surface area contributed by atoms with Crippen LogP contribution in [-0.4, -0.2) is 40.9 Å². The predicted molar refractivity (Wildman–Crippen MR) is 197 cm³/mol. The number of carbonyl (C=O) groups is 4. The van der Waals surface area contributed by atoms with Crippen LogP contribution in [0.1, 0.15) is 35.8 Å². The fourth-order valence-electron chi connectivity index (χ4n) is 8.63. The number of fused-ring (bicyclic) bond motifs is 4. The van der Waals surface area contributed by atoms with Crippen molar-refractivity contribution in [1.29, 1.82) is 0 Å². The molecule has 4 aliphatic rings. The zero-order chi connectivity index (χ0) is 35.8. The second kappa shape index (κ2) is 12.8. The molecular weight excluding hydrogens is 808 g/mol. The van der Waals surface area contributed by atoms with Gasteiger partial charge < -0.3 is 14.3 Å². The third-order valence-electron chi connectivity index (χ3n) is 10.8. The molecule has 13 heteroatoms. The normalized spacial score (nSPS) is 26.9.